The highest BCUT2D eigenvalue weighted by Crippen LogP contribution is 2.23. The molecule has 0 aliphatic heterocycles. The third-order valence-electron chi connectivity index (χ3n) is 4.97. The summed E-state index contributed by atoms with van der Waals surface area (Å²) in [5.74, 6) is 0.931. The zero-order valence-corrected chi connectivity index (χ0v) is 18.1. The maximum Gasteiger partial charge on any atom is 0.119 e. The molecule has 0 saturated heterocycles. The molecular formula is C26H32N2O. The molecule has 0 spiro atoms. The third-order valence-corrected chi connectivity index (χ3v) is 4.97. The van der Waals surface area contributed by atoms with E-state index < -0.39 is 0 Å². The fraction of sp³-hybridized carbons (Fsp3) is 0.346. The topological polar surface area (TPSA) is 25.4 Å². The number of nitrogens with zero attached hydrogens (tertiary/aromatic N) is 2. The van der Waals surface area contributed by atoms with Gasteiger partial charge in [0.25, 0.3) is 0 Å². The van der Waals surface area contributed by atoms with E-state index in [4.69, 9.17) is 4.74 Å². The van der Waals surface area contributed by atoms with Gasteiger partial charge in [-0.05, 0) is 52.8 Å². The Morgan fingerprint density at radius 1 is 0.828 bits per heavy atom. The van der Waals surface area contributed by atoms with Crippen LogP contribution in [0.3, 0.4) is 0 Å². The van der Waals surface area contributed by atoms with E-state index in [1.165, 1.54) is 22.3 Å². The van der Waals surface area contributed by atoms with Crippen LogP contribution in [0.5, 0.6) is 5.75 Å². The van der Waals surface area contributed by atoms with Gasteiger partial charge in [-0.15, -0.1) is 0 Å². The van der Waals surface area contributed by atoms with E-state index in [0.29, 0.717) is 6.61 Å². The van der Waals surface area contributed by atoms with Crippen molar-refractivity contribution in [2.45, 2.75) is 52.7 Å². The SMILES string of the molecule is CCOc1cccc(CN(Cc2ccc(C(C)(C)C)cc2)Cc2cccnc2)c1. The third kappa shape index (κ3) is 6.43. The summed E-state index contributed by atoms with van der Waals surface area (Å²) in [7, 11) is 0. The Morgan fingerprint density at radius 3 is 2.17 bits per heavy atom. The van der Waals surface area contributed by atoms with Crippen molar-refractivity contribution in [2.75, 3.05) is 6.61 Å². The van der Waals surface area contributed by atoms with E-state index in [-0.39, 0.29) is 5.41 Å². The monoisotopic (exact) mass is 388 g/mol. The molecule has 0 fully saturated rings. The number of rotatable bonds is 8. The van der Waals surface area contributed by atoms with E-state index in [1.54, 1.807) is 0 Å². The summed E-state index contributed by atoms with van der Waals surface area (Å²) < 4.78 is 5.68. The Balaban J connectivity index is 1.78. The van der Waals surface area contributed by atoms with Crippen LogP contribution in [0.2, 0.25) is 0 Å². The van der Waals surface area contributed by atoms with E-state index >= 15 is 0 Å². The van der Waals surface area contributed by atoms with Crippen LogP contribution in [0.25, 0.3) is 0 Å². The largest absolute Gasteiger partial charge is 0.494 e. The maximum absolute atomic E-state index is 5.68. The molecule has 0 atom stereocenters. The van der Waals surface area contributed by atoms with Crippen LogP contribution in [-0.2, 0) is 25.0 Å². The van der Waals surface area contributed by atoms with Crippen LogP contribution in [0.4, 0.5) is 0 Å². The van der Waals surface area contributed by atoms with Crippen molar-refractivity contribution in [3.8, 4) is 5.75 Å². The normalized spacial score (nSPS) is 11.6. The molecule has 1 heterocycles. The molecule has 0 bridgehead atoms. The Kier molecular flexibility index (Phi) is 7.05. The maximum atomic E-state index is 5.68. The van der Waals surface area contributed by atoms with Crippen LogP contribution in [0, 0.1) is 0 Å². The second-order valence-corrected chi connectivity index (χ2v) is 8.53. The number of ether oxygens (including phenoxy) is 1. The summed E-state index contributed by atoms with van der Waals surface area (Å²) in [5, 5.41) is 0. The Labute approximate surface area is 175 Å². The Hall–Kier alpha value is -2.65. The van der Waals surface area contributed by atoms with Gasteiger partial charge in [-0.3, -0.25) is 9.88 Å². The molecule has 2 aromatic carbocycles. The number of pyridine rings is 1. The highest BCUT2D eigenvalue weighted by Gasteiger charge is 2.14. The minimum absolute atomic E-state index is 0.174. The van der Waals surface area contributed by atoms with Gasteiger partial charge in [0.15, 0.2) is 0 Å². The number of hydrogen-bond acceptors (Lipinski definition) is 3. The molecule has 0 aliphatic carbocycles. The summed E-state index contributed by atoms with van der Waals surface area (Å²) in [6.45, 7) is 12.1. The lowest BCUT2D eigenvalue weighted by Gasteiger charge is -2.24. The van der Waals surface area contributed by atoms with E-state index in [9.17, 15) is 0 Å². The van der Waals surface area contributed by atoms with Gasteiger partial charge in [0.2, 0.25) is 0 Å². The van der Waals surface area contributed by atoms with E-state index in [0.717, 1.165) is 25.4 Å². The molecule has 0 radical (unpaired) electrons. The van der Waals surface area contributed by atoms with Crippen molar-refractivity contribution in [3.63, 3.8) is 0 Å². The lowest BCUT2D eigenvalue weighted by molar-refractivity contribution is 0.247. The molecule has 29 heavy (non-hydrogen) atoms. The van der Waals surface area contributed by atoms with Gasteiger partial charge in [-0.1, -0.05) is 63.2 Å². The van der Waals surface area contributed by atoms with Crippen LogP contribution in [-0.4, -0.2) is 16.5 Å². The average molecular weight is 389 g/mol. The highest BCUT2D eigenvalue weighted by atomic mass is 16.5. The quantitative estimate of drug-likeness (QED) is 0.475. The first-order chi connectivity index (χ1) is 13.9. The summed E-state index contributed by atoms with van der Waals surface area (Å²) in [6, 6.07) is 21.6. The summed E-state index contributed by atoms with van der Waals surface area (Å²) in [5.41, 5.74) is 5.34. The second-order valence-electron chi connectivity index (χ2n) is 8.53. The van der Waals surface area contributed by atoms with Crippen molar-refractivity contribution >= 4 is 0 Å². The minimum Gasteiger partial charge on any atom is -0.494 e. The molecule has 152 valence electrons. The molecule has 0 N–H and O–H groups in total. The van der Waals surface area contributed by atoms with Crippen LogP contribution >= 0.6 is 0 Å². The fourth-order valence-electron chi connectivity index (χ4n) is 3.44. The molecule has 0 unspecified atom stereocenters. The smallest absolute Gasteiger partial charge is 0.119 e. The molecule has 0 amide bonds. The van der Waals surface area contributed by atoms with Crippen LogP contribution in [0.15, 0.2) is 73.1 Å². The molecule has 1 aromatic heterocycles. The molecular weight excluding hydrogens is 356 g/mol. The molecule has 3 heteroatoms. The summed E-state index contributed by atoms with van der Waals surface area (Å²) in [4.78, 5) is 6.73. The summed E-state index contributed by atoms with van der Waals surface area (Å²) >= 11 is 0. The van der Waals surface area contributed by atoms with Crippen molar-refractivity contribution < 1.29 is 4.74 Å². The number of benzene rings is 2. The lowest BCUT2D eigenvalue weighted by atomic mass is 9.87. The Bertz CT molecular complexity index is 883. The summed E-state index contributed by atoms with van der Waals surface area (Å²) in [6.07, 6.45) is 3.77. The predicted molar refractivity (Wildman–Crippen MR) is 120 cm³/mol. The molecule has 3 rings (SSSR count). The molecule has 3 nitrogen and oxygen atoms in total. The average Bonchev–Trinajstić information content (AvgIpc) is 2.69. The van der Waals surface area contributed by atoms with Gasteiger partial charge in [0.1, 0.15) is 5.75 Å². The van der Waals surface area contributed by atoms with Gasteiger partial charge >= 0.3 is 0 Å². The number of hydrogen-bond donors (Lipinski definition) is 0. The van der Waals surface area contributed by atoms with Crippen LogP contribution in [0.1, 0.15) is 49.9 Å². The molecule has 0 saturated carbocycles. The molecule has 0 aliphatic rings. The first-order valence-corrected chi connectivity index (χ1v) is 10.4. The van der Waals surface area contributed by atoms with Gasteiger partial charge in [-0.2, -0.15) is 0 Å². The van der Waals surface area contributed by atoms with E-state index in [1.807, 2.05) is 31.5 Å². The first-order valence-electron chi connectivity index (χ1n) is 10.4. The zero-order valence-electron chi connectivity index (χ0n) is 18.1. The standard InChI is InChI=1S/C26H32N2O/c1-5-29-25-10-6-8-22(16-25)19-28(20-23-9-7-15-27-17-23)18-21-11-13-24(14-12-21)26(2,3)4/h6-17H,5,18-20H2,1-4H3. The molecule has 3 aromatic rings. The lowest BCUT2D eigenvalue weighted by Crippen LogP contribution is -2.22. The van der Waals surface area contributed by atoms with Crippen LogP contribution < -0.4 is 4.74 Å². The first kappa shape index (κ1) is 21.1. The van der Waals surface area contributed by atoms with Crippen molar-refractivity contribution in [3.05, 3.63) is 95.3 Å². The predicted octanol–water partition coefficient (Wildman–Crippen LogP) is 5.98. The highest BCUT2D eigenvalue weighted by molar-refractivity contribution is 5.30. The van der Waals surface area contributed by atoms with Gasteiger partial charge in [-0.25, -0.2) is 0 Å². The van der Waals surface area contributed by atoms with Crippen molar-refractivity contribution in [1.82, 2.24) is 9.88 Å². The number of aromatic nitrogens is 1. The second kappa shape index (κ2) is 9.71. The van der Waals surface area contributed by atoms with Crippen molar-refractivity contribution in [2.24, 2.45) is 0 Å². The van der Waals surface area contributed by atoms with Gasteiger partial charge < -0.3 is 4.74 Å². The van der Waals surface area contributed by atoms with Gasteiger partial charge in [0.05, 0.1) is 6.61 Å². The zero-order chi connectivity index (χ0) is 20.7. The van der Waals surface area contributed by atoms with Gasteiger partial charge in [0, 0.05) is 32.0 Å². The Morgan fingerprint density at radius 2 is 1.52 bits per heavy atom. The fourth-order valence-corrected chi connectivity index (χ4v) is 3.44. The van der Waals surface area contributed by atoms with Crippen molar-refractivity contribution in [1.29, 1.82) is 0 Å². The van der Waals surface area contributed by atoms with E-state index in [2.05, 4.69) is 79.2 Å². The minimum atomic E-state index is 0.174.